The Morgan fingerprint density at radius 2 is 1.95 bits per heavy atom. The lowest BCUT2D eigenvalue weighted by atomic mass is 9.55. The zero-order chi connectivity index (χ0) is 14.6. The maximum absolute atomic E-state index is 12.6. The second-order valence-corrected chi connectivity index (χ2v) is 6.24. The second kappa shape index (κ2) is 4.41. The predicted molar refractivity (Wildman–Crippen MR) is 79.2 cm³/mol. The Kier molecular flexibility index (Phi) is 2.64. The molecule has 21 heavy (non-hydrogen) atoms. The molecule has 0 amide bonds. The summed E-state index contributed by atoms with van der Waals surface area (Å²) in [5, 5.41) is 8.13. The molecule has 3 fully saturated rings. The van der Waals surface area contributed by atoms with Gasteiger partial charge in [0.1, 0.15) is 0 Å². The van der Waals surface area contributed by atoms with E-state index in [4.69, 9.17) is 0 Å². The zero-order valence-electron chi connectivity index (χ0n) is 12.0. The van der Waals surface area contributed by atoms with Gasteiger partial charge in [-0.3, -0.25) is 0 Å². The first-order valence-electron chi connectivity index (χ1n) is 7.45. The predicted octanol–water partition coefficient (Wildman–Crippen LogP) is 2.20. The van der Waals surface area contributed by atoms with Gasteiger partial charge >= 0.3 is 5.69 Å². The summed E-state index contributed by atoms with van der Waals surface area (Å²) in [5.41, 5.74) is 1.71. The van der Waals surface area contributed by atoms with Crippen molar-refractivity contribution >= 4 is 0 Å². The molecule has 1 aromatic heterocycles. The molecule has 2 aromatic rings. The number of fused-ring (bicyclic) bond motifs is 2. The molecule has 3 aliphatic carbocycles. The first-order chi connectivity index (χ1) is 10.2. The van der Waals surface area contributed by atoms with Crippen LogP contribution in [0.5, 0.6) is 0 Å². The fourth-order valence-corrected chi connectivity index (χ4v) is 3.81. The average Bonchev–Trinajstić information content (AvgIpc) is 2.89. The van der Waals surface area contributed by atoms with Crippen molar-refractivity contribution < 1.29 is 0 Å². The van der Waals surface area contributed by atoms with Crippen molar-refractivity contribution in [2.24, 2.45) is 17.8 Å². The largest absolute Gasteiger partial charge is 0.369 e. The number of hydrogen-bond acceptors (Lipinski definition) is 3. The first kappa shape index (κ1) is 12.6. The number of hydrogen-bond donors (Lipinski definition) is 0. The Morgan fingerprint density at radius 1 is 1.19 bits per heavy atom. The van der Waals surface area contributed by atoms with E-state index >= 15 is 0 Å². The smallest absolute Gasteiger partial charge is 0.244 e. The van der Waals surface area contributed by atoms with Gasteiger partial charge in [-0.2, -0.15) is 9.36 Å². The van der Waals surface area contributed by atoms with Crippen molar-refractivity contribution in [3.05, 3.63) is 53.0 Å². The van der Waals surface area contributed by atoms with Crippen LogP contribution in [0, 0.1) is 17.8 Å². The molecule has 1 aromatic carbocycles. The van der Waals surface area contributed by atoms with Crippen molar-refractivity contribution in [3.8, 4) is 5.69 Å². The number of tetrazole rings is 1. The summed E-state index contributed by atoms with van der Waals surface area (Å²) in [6.07, 6.45) is 2.18. The van der Waals surface area contributed by atoms with Gasteiger partial charge in [-0.05, 0) is 58.7 Å². The molecule has 2 bridgehead atoms. The van der Waals surface area contributed by atoms with Crippen LogP contribution in [0.2, 0.25) is 0 Å². The highest BCUT2D eigenvalue weighted by atomic mass is 16.2. The van der Waals surface area contributed by atoms with Gasteiger partial charge < -0.3 is 0 Å². The Bertz CT molecular complexity index is 745. The Balaban J connectivity index is 1.70. The molecule has 0 N–H and O–H groups in total. The molecule has 3 aliphatic rings. The highest BCUT2D eigenvalue weighted by molar-refractivity contribution is 5.29. The van der Waals surface area contributed by atoms with Gasteiger partial charge in [-0.25, -0.2) is 4.79 Å². The number of benzene rings is 1. The Labute approximate surface area is 122 Å². The summed E-state index contributed by atoms with van der Waals surface area (Å²) < 4.78 is 2.87. The van der Waals surface area contributed by atoms with Crippen molar-refractivity contribution in [2.75, 3.05) is 0 Å². The third kappa shape index (κ3) is 1.73. The molecule has 5 nitrogen and oxygen atoms in total. The number of para-hydroxylation sites is 1. The summed E-state index contributed by atoms with van der Waals surface area (Å²) in [6.45, 7) is 6.51. The van der Waals surface area contributed by atoms with Crippen molar-refractivity contribution in [2.45, 2.75) is 25.8 Å². The summed E-state index contributed by atoms with van der Waals surface area (Å²) in [6, 6.07) is 9.41. The normalized spacial score (nSPS) is 31.0. The van der Waals surface area contributed by atoms with Crippen LogP contribution in [0.25, 0.3) is 5.69 Å². The highest BCUT2D eigenvalue weighted by Crippen LogP contribution is 2.55. The van der Waals surface area contributed by atoms with E-state index in [2.05, 4.69) is 23.9 Å². The van der Waals surface area contributed by atoms with Gasteiger partial charge in [0.25, 0.3) is 0 Å². The topological polar surface area (TPSA) is 52.7 Å². The van der Waals surface area contributed by atoms with Gasteiger partial charge in [0.15, 0.2) is 0 Å². The summed E-state index contributed by atoms with van der Waals surface area (Å²) in [5.74, 6) is 1.94. The third-order valence-electron chi connectivity index (χ3n) is 5.26. The quantitative estimate of drug-likeness (QED) is 0.793. The fraction of sp³-hybridized carbons (Fsp3) is 0.438. The summed E-state index contributed by atoms with van der Waals surface area (Å²) in [4.78, 5) is 12.6. The minimum absolute atomic E-state index is 0.00918. The molecule has 4 atom stereocenters. The van der Waals surface area contributed by atoms with Crippen LogP contribution in [-0.2, 0) is 0 Å². The fourth-order valence-electron chi connectivity index (χ4n) is 3.81. The lowest BCUT2D eigenvalue weighted by Gasteiger charge is -2.52. The van der Waals surface area contributed by atoms with E-state index in [-0.39, 0.29) is 11.7 Å². The summed E-state index contributed by atoms with van der Waals surface area (Å²) >= 11 is 0. The monoisotopic (exact) mass is 282 g/mol. The minimum atomic E-state index is -0.179. The van der Waals surface area contributed by atoms with E-state index in [1.807, 2.05) is 30.3 Å². The minimum Gasteiger partial charge on any atom is -0.244 e. The zero-order valence-corrected chi connectivity index (χ0v) is 12.0. The van der Waals surface area contributed by atoms with E-state index in [0.29, 0.717) is 17.8 Å². The molecule has 0 saturated heterocycles. The van der Waals surface area contributed by atoms with E-state index in [1.165, 1.54) is 15.8 Å². The van der Waals surface area contributed by atoms with Gasteiger partial charge in [-0.15, -0.1) is 0 Å². The number of nitrogens with zero attached hydrogens (tertiary/aromatic N) is 4. The highest BCUT2D eigenvalue weighted by Gasteiger charge is 2.48. The standard InChI is InChI=1S/C16H18N4O/c1-10-12-8-14(10)11(2)15(9-12)20-16(21)19(17-18-20)13-6-4-3-5-7-13/h3-7,10,12,14-15H,2,8-9H2,1H3/t10-,12-,14-,15?/m1/s1. The molecule has 0 spiro atoms. The van der Waals surface area contributed by atoms with Crippen LogP contribution in [0.1, 0.15) is 25.8 Å². The van der Waals surface area contributed by atoms with Crippen molar-refractivity contribution in [1.82, 2.24) is 19.8 Å². The molecule has 0 aliphatic heterocycles. The molecule has 0 radical (unpaired) electrons. The first-order valence-corrected chi connectivity index (χ1v) is 7.45. The maximum atomic E-state index is 12.6. The lowest BCUT2D eigenvalue weighted by Crippen LogP contribution is -2.46. The van der Waals surface area contributed by atoms with Crippen LogP contribution in [0.15, 0.2) is 47.3 Å². The lowest BCUT2D eigenvalue weighted by molar-refractivity contribution is 0.0452. The summed E-state index contributed by atoms with van der Waals surface area (Å²) in [7, 11) is 0. The van der Waals surface area contributed by atoms with Crippen LogP contribution in [0.4, 0.5) is 0 Å². The van der Waals surface area contributed by atoms with Crippen LogP contribution < -0.4 is 5.69 Å². The van der Waals surface area contributed by atoms with Crippen molar-refractivity contribution in [3.63, 3.8) is 0 Å². The number of aromatic nitrogens is 4. The molecule has 3 saturated carbocycles. The average molecular weight is 282 g/mol. The van der Waals surface area contributed by atoms with Gasteiger partial charge in [-0.1, -0.05) is 31.7 Å². The third-order valence-corrected chi connectivity index (χ3v) is 5.26. The molecule has 108 valence electrons. The molecule has 1 heterocycles. The van der Waals surface area contributed by atoms with E-state index in [0.717, 1.165) is 17.7 Å². The van der Waals surface area contributed by atoms with Gasteiger partial charge in [0, 0.05) is 0 Å². The Morgan fingerprint density at radius 3 is 2.62 bits per heavy atom. The van der Waals surface area contributed by atoms with Crippen molar-refractivity contribution in [1.29, 1.82) is 0 Å². The van der Waals surface area contributed by atoms with E-state index in [9.17, 15) is 4.79 Å². The van der Waals surface area contributed by atoms with Crippen LogP contribution >= 0.6 is 0 Å². The van der Waals surface area contributed by atoms with E-state index in [1.54, 1.807) is 0 Å². The van der Waals surface area contributed by atoms with Gasteiger partial charge in [0.05, 0.1) is 11.7 Å². The second-order valence-electron chi connectivity index (χ2n) is 6.24. The van der Waals surface area contributed by atoms with Gasteiger partial charge in [0.2, 0.25) is 0 Å². The number of allylic oxidation sites excluding steroid dienone is 1. The van der Waals surface area contributed by atoms with Crippen LogP contribution in [-0.4, -0.2) is 19.8 Å². The molecule has 1 unspecified atom stereocenters. The molecule has 5 heteroatoms. The maximum Gasteiger partial charge on any atom is 0.369 e. The molecular weight excluding hydrogens is 264 g/mol. The van der Waals surface area contributed by atoms with E-state index < -0.39 is 0 Å². The van der Waals surface area contributed by atoms with Crippen LogP contribution in [0.3, 0.4) is 0 Å². The molecular formula is C16H18N4O. The Hall–Kier alpha value is -2.17. The number of rotatable bonds is 2. The molecule has 5 rings (SSSR count). The SMILES string of the molecule is C=C1C(n2nnn(-c3ccccc3)c2=O)C[C@H]2C[C@@H]1[C@@H]2C.